The lowest BCUT2D eigenvalue weighted by molar-refractivity contribution is -0.115. The average molecular weight is 387 g/mol. The molecule has 2 unspecified atom stereocenters. The number of hydrogen-bond acceptors (Lipinski definition) is 5. The average Bonchev–Trinajstić information content (AvgIpc) is 3.33. The summed E-state index contributed by atoms with van der Waals surface area (Å²) >= 11 is 2.95. The molecule has 1 amide bonds. The molecule has 0 saturated heterocycles. The fourth-order valence-electron chi connectivity index (χ4n) is 2.53. The molecule has 1 aromatic carbocycles. The largest absolute Gasteiger partial charge is 0.325 e. The topological polar surface area (TPSA) is 70.7 Å². The summed E-state index contributed by atoms with van der Waals surface area (Å²) in [6, 6.07) is 11.9. The van der Waals surface area contributed by atoms with E-state index in [4.69, 9.17) is 0 Å². The zero-order valence-corrected chi connectivity index (χ0v) is 16.7. The number of carbonyl (C=O) groups is 1. The molecule has 0 spiro atoms. The van der Waals surface area contributed by atoms with Crippen molar-refractivity contribution in [2.75, 3.05) is 5.32 Å². The van der Waals surface area contributed by atoms with Crippen LogP contribution < -0.4 is 5.32 Å². The standard InChI is InChI=1S/C19H22N4OS2/c1-4-12(2)14-8-5-6-9-15(14)20-18(24)13(3)26-19-21-17(22-23-19)16-10-7-11-25-16/h5-13H,4H2,1-3H3,(H,20,24)(H,21,22,23). The van der Waals surface area contributed by atoms with Gasteiger partial charge in [-0.2, -0.15) is 0 Å². The van der Waals surface area contributed by atoms with Crippen molar-refractivity contribution in [3.05, 3.63) is 47.3 Å². The number of nitrogens with zero attached hydrogens (tertiary/aromatic N) is 2. The Morgan fingerprint density at radius 2 is 2.08 bits per heavy atom. The summed E-state index contributed by atoms with van der Waals surface area (Å²) in [5.41, 5.74) is 2.05. The number of aromatic nitrogens is 3. The van der Waals surface area contributed by atoms with Gasteiger partial charge in [0.15, 0.2) is 5.82 Å². The molecule has 0 aliphatic heterocycles. The molecular formula is C19H22N4OS2. The molecule has 0 fully saturated rings. The van der Waals surface area contributed by atoms with Gasteiger partial charge in [-0.1, -0.05) is 49.9 Å². The van der Waals surface area contributed by atoms with Crippen LogP contribution in [0.25, 0.3) is 10.7 Å². The van der Waals surface area contributed by atoms with E-state index >= 15 is 0 Å². The minimum absolute atomic E-state index is 0.0479. The first-order chi connectivity index (χ1) is 12.6. The van der Waals surface area contributed by atoms with Gasteiger partial charge >= 0.3 is 0 Å². The van der Waals surface area contributed by atoms with E-state index in [1.54, 1.807) is 11.3 Å². The van der Waals surface area contributed by atoms with Gasteiger partial charge in [-0.25, -0.2) is 4.98 Å². The number of hydrogen-bond donors (Lipinski definition) is 2. The summed E-state index contributed by atoms with van der Waals surface area (Å²) in [5.74, 6) is 1.08. The second-order valence-corrected chi connectivity index (χ2v) is 8.35. The van der Waals surface area contributed by atoms with Crippen molar-refractivity contribution in [3.8, 4) is 10.7 Å². The number of amides is 1. The fourth-order valence-corrected chi connectivity index (χ4v) is 3.92. The van der Waals surface area contributed by atoms with Crippen molar-refractivity contribution < 1.29 is 4.79 Å². The molecule has 0 radical (unpaired) electrons. The van der Waals surface area contributed by atoms with Crippen LogP contribution in [0, 0.1) is 0 Å². The van der Waals surface area contributed by atoms with Gasteiger partial charge in [-0.3, -0.25) is 9.89 Å². The maximum atomic E-state index is 12.6. The normalized spacial score (nSPS) is 13.3. The van der Waals surface area contributed by atoms with Crippen LogP contribution in [0.5, 0.6) is 0 Å². The van der Waals surface area contributed by atoms with Crippen molar-refractivity contribution in [2.24, 2.45) is 0 Å². The molecule has 3 aromatic rings. The lowest BCUT2D eigenvalue weighted by Gasteiger charge is -2.17. The molecule has 0 saturated carbocycles. The molecular weight excluding hydrogens is 364 g/mol. The molecule has 3 rings (SSSR count). The Morgan fingerprint density at radius 3 is 2.81 bits per heavy atom. The molecule has 2 N–H and O–H groups in total. The van der Waals surface area contributed by atoms with Gasteiger partial charge in [0.1, 0.15) is 0 Å². The number of carbonyl (C=O) groups excluding carboxylic acids is 1. The smallest absolute Gasteiger partial charge is 0.237 e. The fraction of sp³-hybridized carbons (Fsp3) is 0.316. The Morgan fingerprint density at radius 1 is 1.27 bits per heavy atom. The van der Waals surface area contributed by atoms with Gasteiger partial charge in [0.2, 0.25) is 11.1 Å². The summed E-state index contributed by atoms with van der Waals surface area (Å²) in [6.45, 7) is 6.19. The zero-order valence-electron chi connectivity index (χ0n) is 15.0. The molecule has 2 aromatic heterocycles. The van der Waals surface area contributed by atoms with E-state index in [2.05, 4.69) is 40.4 Å². The monoisotopic (exact) mass is 386 g/mol. The molecule has 0 aliphatic rings. The van der Waals surface area contributed by atoms with Crippen molar-refractivity contribution >= 4 is 34.7 Å². The Hall–Kier alpha value is -2.12. The van der Waals surface area contributed by atoms with Crippen LogP contribution in [0.4, 0.5) is 5.69 Å². The molecule has 7 heteroatoms. The third-order valence-corrected chi connectivity index (χ3v) is 6.07. The van der Waals surface area contributed by atoms with Crippen LogP contribution in [-0.4, -0.2) is 26.3 Å². The van der Waals surface area contributed by atoms with E-state index in [1.165, 1.54) is 17.3 Å². The van der Waals surface area contributed by atoms with Gasteiger partial charge in [0, 0.05) is 5.69 Å². The Kier molecular flexibility index (Phi) is 6.11. The SMILES string of the molecule is CCC(C)c1ccccc1NC(=O)C(C)Sc1n[nH]c(-c2cccs2)n1. The van der Waals surface area contributed by atoms with Gasteiger partial charge in [0.05, 0.1) is 10.1 Å². The number of benzene rings is 1. The predicted molar refractivity (Wildman–Crippen MR) is 109 cm³/mol. The Labute approximate surface area is 161 Å². The summed E-state index contributed by atoms with van der Waals surface area (Å²) in [7, 11) is 0. The number of anilines is 1. The van der Waals surface area contributed by atoms with Crippen molar-refractivity contribution in [1.29, 1.82) is 0 Å². The van der Waals surface area contributed by atoms with Gasteiger partial charge in [-0.05, 0) is 42.3 Å². The highest BCUT2D eigenvalue weighted by Crippen LogP contribution is 2.29. The van der Waals surface area contributed by atoms with Crippen molar-refractivity contribution in [1.82, 2.24) is 15.2 Å². The Balaban J connectivity index is 1.66. The number of nitrogens with one attached hydrogen (secondary N) is 2. The van der Waals surface area contributed by atoms with Crippen molar-refractivity contribution in [3.63, 3.8) is 0 Å². The number of rotatable bonds is 7. The molecule has 5 nitrogen and oxygen atoms in total. The van der Waals surface area contributed by atoms with Gasteiger partial charge in [-0.15, -0.1) is 16.4 Å². The highest BCUT2D eigenvalue weighted by atomic mass is 32.2. The van der Waals surface area contributed by atoms with E-state index in [0.29, 0.717) is 11.1 Å². The summed E-state index contributed by atoms with van der Waals surface area (Å²) in [5, 5.41) is 12.5. The number of para-hydroxylation sites is 1. The minimum atomic E-state index is -0.299. The summed E-state index contributed by atoms with van der Waals surface area (Å²) in [4.78, 5) is 18.1. The minimum Gasteiger partial charge on any atom is -0.325 e. The van der Waals surface area contributed by atoms with E-state index < -0.39 is 0 Å². The summed E-state index contributed by atoms with van der Waals surface area (Å²) in [6.07, 6.45) is 1.03. The number of aromatic amines is 1. The maximum absolute atomic E-state index is 12.6. The zero-order chi connectivity index (χ0) is 18.5. The van der Waals surface area contributed by atoms with Crippen molar-refractivity contribution in [2.45, 2.75) is 43.5 Å². The number of thiophene rings is 1. The van der Waals surface area contributed by atoms with Crippen LogP contribution >= 0.6 is 23.1 Å². The maximum Gasteiger partial charge on any atom is 0.237 e. The first-order valence-corrected chi connectivity index (χ1v) is 10.4. The molecule has 136 valence electrons. The van der Waals surface area contributed by atoms with Crippen LogP contribution in [0.1, 0.15) is 38.7 Å². The second kappa shape index (κ2) is 8.51. The van der Waals surface area contributed by atoms with Gasteiger partial charge < -0.3 is 5.32 Å². The second-order valence-electron chi connectivity index (χ2n) is 6.09. The van der Waals surface area contributed by atoms with Crippen LogP contribution in [0.3, 0.4) is 0 Å². The number of H-pyrrole nitrogens is 1. The van der Waals surface area contributed by atoms with E-state index in [-0.39, 0.29) is 11.2 Å². The lowest BCUT2D eigenvalue weighted by atomic mass is 9.97. The lowest BCUT2D eigenvalue weighted by Crippen LogP contribution is -2.23. The summed E-state index contributed by atoms with van der Waals surface area (Å²) < 4.78 is 0. The van der Waals surface area contributed by atoms with Gasteiger partial charge in [0.25, 0.3) is 0 Å². The van der Waals surface area contributed by atoms with Crippen LogP contribution in [0.15, 0.2) is 46.9 Å². The van der Waals surface area contributed by atoms with E-state index in [9.17, 15) is 4.79 Å². The quantitative estimate of drug-likeness (QED) is 0.550. The first-order valence-electron chi connectivity index (χ1n) is 8.61. The highest BCUT2D eigenvalue weighted by Gasteiger charge is 2.19. The van der Waals surface area contributed by atoms with E-state index in [0.717, 1.165) is 22.8 Å². The molecule has 2 heterocycles. The molecule has 0 aliphatic carbocycles. The first kappa shape index (κ1) is 18.7. The van der Waals surface area contributed by atoms with Crippen LogP contribution in [-0.2, 0) is 4.79 Å². The van der Waals surface area contributed by atoms with Crippen LogP contribution in [0.2, 0.25) is 0 Å². The van der Waals surface area contributed by atoms with E-state index in [1.807, 2.05) is 42.6 Å². The third kappa shape index (κ3) is 4.34. The number of thioether (sulfide) groups is 1. The predicted octanol–water partition coefficient (Wildman–Crippen LogP) is 5.17. The third-order valence-electron chi connectivity index (χ3n) is 4.23. The Bertz CT molecular complexity index is 860. The molecule has 26 heavy (non-hydrogen) atoms. The highest BCUT2D eigenvalue weighted by molar-refractivity contribution is 8.00. The molecule has 0 bridgehead atoms. The molecule has 2 atom stereocenters.